The van der Waals surface area contributed by atoms with Crippen LogP contribution in [0, 0.1) is 5.82 Å². The van der Waals surface area contributed by atoms with Gasteiger partial charge in [-0.1, -0.05) is 12.1 Å². The first-order chi connectivity index (χ1) is 14.5. The Morgan fingerprint density at radius 3 is 2.61 bits per heavy atom. The van der Waals surface area contributed by atoms with Gasteiger partial charge in [0.25, 0.3) is 0 Å². The van der Waals surface area contributed by atoms with Crippen LogP contribution in [0.1, 0.15) is 11.1 Å². The van der Waals surface area contributed by atoms with Gasteiger partial charge in [0.15, 0.2) is 0 Å². The molecule has 1 aromatic heterocycles. The highest BCUT2D eigenvalue weighted by Gasteiger charge is 2.34. The van der Waals surface area contributed by atoms with Gasteiger partial charge in [0, 0.05) is 29.8 Å². The summed E-state index contributed by atoms with van der Waals surface area (Å²) in [7, 11) is -2.93. The van der Waals surface area contributed by atoms with Crippen molar-refractivity contribution in [2.75, 3.05) is 37.1 Å². The summed E-state index contributed by atoms with van der Waals surface area (Å²) < 4.78 is 72.9. The third-order valence-corrected chi connectivity index (χ3v) is 6.36. The predicted octanol–water partition coefficient (Wildman–Crippen LogP) is 4.45. The highest BCUT2D eigenvalue weighted by atomic mass is 31.2. The number of halogens is 4. The molecule has 31 heavy (non-hydrogen) atoms. The van der Waals surface area contributed by atoms with Gasteiger partial charge < -0.3 is 19.9 Å². The molecule has 1 aliphatic rings. The van der Waals surface area contributed by atoms with Crippen LogP contribution in [-0.4, -0.2) is 36.4 Å². The molecule has 0 aliphatic carbocycles. The Bertz CT molecular complexity index is 1210. The maximum absolute atomic E-state index is 14.5. The van der Waals surface area contributed by atoms with Gasteiger partial charge in [-0.05, 0) is 31.0 Å². The quantitative estimate of drug-likeness (QED) is 0.418. The molecule has 0 radical (unpaired) electrons. The molecule has 164 valence electrons. The normalized spacial score (nSPS) is 14.6. The van der Waals surface area contributed by atoms with E-state index in [9.17, 15) is 22.1 Å². The lowest BCUT2D eigenvalue weighted by Gasteiger charge is -2.18. The van der Waals surface area contributed by atoms with Crippen LogP contribution in [0.25, 0.3) is 10.9 Å². The van der Waals surface area contributed by atoms with Crippen molar-refractivity contribution in [3.05, 3.63) is 47.3 Å². The minimum atomic E-state index is -4.53. The van der Waals surface area contributed by atoms with Crippen molar-refractivity contribution in [2.45, 2.75) is 12.7 Å². The second-order valence-electron chi connectivity index (χ2n) is 7.49. The number of rotatable bonds is 1. The summed E-state index contributed by atoms with van der Waals surface area (Å²) in [5.74, 6) is -0.400. The average molecular weight is 454 g/mol. The Morgan fingerprint density at radius 2 is 1.90 bits per heavy atom. The molecule has 4 rings (SSSR count). The van der Waals surface area contributed by atoms with E-state index >= 15 is 0 Å². The molecule has 0 fully saturated rings. The standard InChI is InChI=1S/C20H19F4N4O2P/c1-31(2,29)16-8-12-15(9-14(16)21)27-19-28-18(12)26-10-11-4-3-5-13(20(22,23)24)17(11)25-6-7-30-19/h3-5,8-9,25H,6-7,10H2,1-2H3,(H,26,27,28). The summed E-state index contributed by atoms with van der Waals surface area (Å²) in [6.07, 6.45) is -4.53. The van der Waals surface area contributed by atoms with E-state index in [0.29, 0.717) is 10.9 Å². The molecular weight excluding hydrogens is 435 g/mol. The van der Waals surface area contributed by atoms with Gasteiger partial charge in [-0.15, -0.1) is 0 Å². The van der Waals surface area contributed by atoms with E-state index in [4.69, 9.17) is 4.74 Å². The lowest BCUT2D eigenvalue weighted by atomic mass is 10.1. The number of hydrogen-bond donors (Lipinski definition) is 2. The number of nitrogens with zero attached hydrogens (tertiary/aromatic N) is 2. The zero-order chi connectivity index (χ0) is 22.4. The van der Waals surface area contributed by atoms with Gasteiger partial charge in [0.2, 0.25) is 0 Å². The summed E-state index contributed by atoms with van der Waals surface area (Å²) in [5, 5.41) is 6.24. The third-order valence-electron chi connectivity index (χ3n) is 4.86. The Kier molecular flexibility index (Phi) is 5.29. The zero-order valence-corrected chi connectivity index (χ0v) is 17.6. The fourth-order valence-corrected chi connectivity index (χ4v) is 4.44. The Balaban J connectivity index is 1.84. The zero-order valence-electron chi connectivity index (χ0n) is 16.7. The van der Waals surface area contributed by atoms with E-state index in [1.807, 2.05) is 0 Å². The number of alkyl halides is 3. The second-order valence-corrected chi connectivity index (χ2v) is 10.7. The number of fused-ring (bicyclic) bond motifs is 5. The smallest absolute Gasteiger partial charge is 0.418 e. The monoisotopic (exact) mass is 454 g/mol. The number of anilines is 2. The predicted molar refractivity (Wildman–Crippen MR) is 111 cm³/mol. The maximum atomic E-state index is 14.5. The van der Waals surface area contributed by atoms with Crippen LogP contribution in [0.15, 0.2) is 30.3 Å². The second kappa shape index (κ2) is 7.67. The number of hydrogen-bond acceptors (Lipinski definition) is 6. The first-order valence-electron chi connectivity index (χ1n) is 9.40. The maximum Gasteiger partial charge on any atom is 0.418 e. The number of benzene rings is 2. The van der Waals surface area contributed by atoms with Crippen molar-refractivity contribution in [3.63, 3.8) is 0 Å². The van der Waals surface area contributed by atoms with E-state index in [0.717, 1.165) is 12.1 Å². The Labute approximate surface area is 175 Å². The lowest BCUT2D eigenvalue weighted by Crippen LogP contribution is -2.17. The van der Waals surface area contributed by atoms with Crippen molar-refractivity contribution in [1.29, 1.82) is 0 Å². The van der Waals surface area contributed by atoms with Gasteiger partial charge in [-0.25, -0.2) is 4.39 Å². The molecule has 2 bridgehead atoms. The van der Waals surface area contributed by atoms with E-state index in [-0.39, 0.29) is 48.0 Å². The van der Waals surface area contributed by atoms with Crippen molar-refractivity contribution in [3.8, 4) is 6.01 Å². The van der Waals surface area contributed by atoms with Crippen LogP contribution >= 0.6 is 7.14 Å². The summed E-state index contributed by atoms with van der Waals surface area (Å²) in [6.45, 7) is 2.99. The molecule has 0 amide bonds. The average Bonchev–Trinajstić information content (AvgIpc) is 2.70. The minimum Gasteiger partial charge on any atom is -0.462 e. The molecule has 0 saturated heterocycles. The summed E-state index contributed by atoms with van der Waals surface area (Å²) in [5.41, 5.74) is -0.213. The molecule has 0 atom stereocenters. The Hall–Kier alpha value is -2.87. The number of aromatic nitrogens is 2. The van der Waals surface area contributed by atoms with Crippen molar-refractivity contribution < 1.29 is 26.9 Å². The van der Waals surface area contributed by atoms with Gasteiger partial charge in [-0.2, -0.15) is 23.1 Å². The molecule has 0 unspecified atom stereocenters. The molecule has 3 aromatic rings. The van der Waals surface area contributed by atoms with Crippen molar-refractivity contribution >= 4 is 34.9 Å². The summed E-state index contributed by atoms with van der Waals surface area (Å²) in [6, 6.07) is 6.46. The summed E-state index contributed by atoms with van der Waals surface area (Å²) in [4.78, 5) is 8.48. The van der Waals surface area contributed by atoms with E-state index in [1.165, 1.54) is 25.5 Å². The molecule has 11 heteroatoms. The van der Waals surface area contributed by atoms with E-state index in [2.05, 4.69) is 20.6 Å². The number of para-hydroxylation sites is 1. The van der Waals surface area contributed by atoms with Gasteiger partial charge in [-0.3, -0.25) is 0 Å². The first-order valence-corrected chi connectivity index (χ1v) is 12.0. The van der Waals surface area contributed by atoms with Gasteiger partial charge in [0.1, 0.15) is 25.4 Å². The molecule has 0 spiro atoms. The highest BCUT2D eigenvalue weighted by molar-refractivity contribution is 7.70. The van der Waals surface area contributed by atoms with E-state index < -0.39 is 24.7 Å². The Morgan fingerprint density at radius 1 is 1.13 bits per heavy atom. The largest absolute Gasteiger partial charge is 0.462 e. The van der Waals surface area contributed by atoms with Crippen LogP contribution in [0.2, 0.25) is 0 Å². The SMILES string of the molecule is CP(C)(=O)c1cc2c3nc(nc2cc1F)OCCNc1c(cccc1C(F)(F)F)CN3. The molecule has 2 heterocycles. The summed E-state index contributed by atoms with van der Waals surface area (Å²) >= 11 is 0. The minimum absolute atomic E-state index is 0.00370. The fraction of sp³-hybridized carbons (Fsp3) is 0.300. The lowest BCUT2D eigenvalue weighted by molar-refractivity contribution is -0.137. The number of ether oxygens (including phenoxy) is 1. The van der Waals surface area contributed by atoms with Crippen LogP contribution < -0.4 is 20.7 Å². The highest BCUT2D eigenvalue weighted by Crippen LogP contribution is 2.39. The van der Waals surface area contributed by atoms with Crippen LogP contribution in [0.5, 0.6) is 6.01 Å². The van der Waals surface area contributed by atoms with Crippen molar-refractivity contribution in [1.82, 2.24) is 9.97 Å². The molecule has 0 saturated carbocycles. The molecular formula is C20H19F4N4O2P. The van der Waals surface area contributed by atoms with Crippen LogP contribution in [-0.2, 0) is 17.3 Å². The molecule has 6 nitrogen and oxygen atoms in total. The molecule has 1 aliphatic heterocycles. The van der Waals surface area contributed by atoms with Crippen LogP contribution in [0.4, 0.5) is 29.1 Å². The molecule has 2 N–H and O–H groups in total. The van der Waals surface area contributed by atoms with Crippen LogP contribution in [0.3, 0.4) is 0 Å². The van der Waals surface area contributed by atoms with E-state index in [1.54, 1.807) is 6.07 Å². The molecule has 2 aromatic carbocycles. The first kappa shape index (κ1) is 21.4. The van der Waals surface area contributed by atoms with Gasteiger partial charge in [0.05, 0.1) is 16.8 Å². The fourth-order valence-electron chi connectivity index (χ4n) is 3.42. The van der Waals surface area contributed by atoms with Gasteiger partial charge >= 0.3 is 12.2 Å². The van der Waals surface area contributed by atoms with Crippen molar-refractivity contribution in [2.24, 2.45) is 0 Å². The number of nitrogens with one attached hydrogen (secondary N) is 2. The topological polar surface area (TPSA) is 76.1 Å². The third kappa shape index (κ3) is 4.30.